The van der Waals surface area contributed by atoms with E-state index in [4.69, 9.17) is 23.7 Å². The minimum absolute atomic E-state index is 0.318. The number of carbonyl (C=O) groups excluding carboxylic acids is 4. The van der Waals surface area contributed by atoms with Gasteiger partial charge in [-0.05, 0) is 0 Å². The second-order valence-electron chi connectivity index (χ2n) is 5.87. The summed E-state index contributed by atoms with van der Waals surface area (Å²) in [5.41, 5.74) is -1.34. The predicted octanol–water partition coefficient (Wildman–Crippen LogP) is -0.238. The lowest BCUT2D eigenvalue weighted by Crippen LogP contribution is -2.61. The predicted molar refractivity (Wildman–Crippen MR) is 94.4 cm³/mol. The molecule has 0 spiro atoms. The molecule has 1 aliphatic heterocycles. The van der Waals surface area contributed by atoms with Gasteiger partial charge in [0.25, 0.3) is 0 Å². The van der Waals surface area contributed by atoms with Crippen molar-refractivity contribution in [3.8, 4) is 0 Å². The zero-order chi connectivity index (χ0) is 21.6. The van der Waals surface area contributed by atoms with Crippen molar-refractivity contribution in [2.75, 3.05) is 12.9 Å². The highest BCUT2D eigenvalue weighted by atomic mass is 33.1. The Kier molecular flexibility index (Phi) is 8.70. The van der Waals surface area contributed by atoms with Crippen LogP contribution < -0.4 is 0 Å². The summed E-state index contributed by atoms with van der Waals surface area (Å²) in [4.78, 5) is 45.8. The first kappa shape index (κ1) is 24.2. The van der Waals surface area contributed by atoms with E-state index in [1.165, 1.54) is 0 Å². The third kappa shape index (κ3) is 8.02. The molecule has 1 saturated heterocycles. The van der Waals surface area contributed by atoms with Gasteiger partial charge in [0, 0.05) is 44.7 Å². The first-order chi connectivity index (χ1) is 12.8. The van der Waals surface area contributed by atoms with Crippen molar-refractivity contribution in [2.45, 2.75) is 57.5 Å². The molecule has 0 bridgehead atoms. The molecule has 0 saturated carbocycles. The smallest absolute Gasteiger partial charge is 0.303 e. The van der Waals surface area contributed by atoms with E-state index in [2.05, 4.69) is 0 Å². The topological polar surface area (TPSA) is 149 Å². The number of rotatable bonds is 7. The number of ether oxygens (including phenoxy) is 5. The fourth-order valence-electron chi connectivity index (χ4n) is 2.44. The Bertz CT molecular complexity index is 717. The van der Waals surface area contributed by atoms with Crippen LogP contribution in [0.25, 0.3) is 0 Å². The molecular weight excluding hydrogens is 420 g/mol. The van der Waals surface area contributed by atoms with Crippen molar-refractivity contribution in [2.24, 2.45) is 0 Å². The lowest BCUT2D eigenvalue weighted by molar-refractivity contribution is -0.237. The summed E-state index contributed by atoms with van der Waals surface area (Å²) in [6.07, 6.45) is -4.38. The summed E-state index contributed by atoms with van der Waals surface area (Å²) in [6.45, 7) is 3.95. The van der Waals surface area contributed by atoms with E-state index in [1.54, 1.807) is 0 Å². The Balaban J connectivity index is 3.36. The molecule has 1 fully saturated rings. The van der Waals surface area contributed by atoms with Crippen molar-refractivity contribution >= 4 is 43.5 Å². The molecule has 13 heteroatoms. The molecule has 1 rings (SSSR count). The Labute approximate surface area is 165 Å². The highest BCUT2D eigenvalue weighted by Gasteiger charge is 2.53. The van der Waals surface area contributed by atoms with E-state index in [0.29, 0.717) is 10.8 Å². The minimum Gasteiger partial charge on any atom is -0.463 e. The maximum atomic E-state index is 11.8. The molecule has 0 aromatic carbocycles. The summed E-state index contributed by atoms with van der Waals surface area (Å²) in [6, 6.07) is 0. The van der Waals surface area contributed by atoms with Crippen LogP contribution in [0.5, 0.6) is 0 Å². The van der Waals surface area contributed by atoms with E-state index >= 15 is 0 Å². The number of hydrogen-bond donors (Lipinski definition) is 0. The fraction of sp³-hybridized carbons (Fsp3) is 0.733. The molecule has 0 aromatic heterocycles. The van der Waals surface area contributed by atoms with Gasteiger partial charge in [-0.25, -0.2) is 8.42 Å². The first-order valence-electron chi connectivity index (χ1n) is 7.99. The van der Waals surface area contributed by atoms with Gasteiger partial charge in [0.2, 0.25) is 8.87 Å². The molecule has 1 heterocycles. The molecular formula is C15H22O11S2. The second kappa shape index (κ2) is 10.1. The van der Waals surface area contributed by atoms with Crippen LogP contribution in [0.1, 0.15) is 27.7 Å². The molecule has 28 heavy (non-hydrogen) atoms. The van der Waals surface area contributed by atoms with Gasteiger partial charge in [0.15, 0.2) is 23.7 Å². The molecule has 0 aromatic rings. The molecule has 0 amide bonds. The summed E-state index contributed by atoms with van der Waals surface area (Å²) in [5.74, 6) is -3.03. The lowest BCUT2D eigenvalue weighted by Gasteiger charge is -2.43. The van der Waals surface area contributed by atoms with Gasteiger partial charge in [0.1, 0.15) is 12.7 Å². The highest BCUT2D eigenvalue weighted by molar-refractivity contribution is 8.72. The zero-order valence-corrected chi connectivity index (χ0v) is 17.5. The van der Waals surface area contributed by atoms with Crippen molar-refractivity contribution in [1.29, 1.82) is 0 Å². The maximum absolute atomic E-state index is 11.8. The Morgan fingerprint density at radius 2 is 1.29 bits per heavy atom. The molecule has 160 valence electrons. The van der Waals surface area contributed by atoms with Crippen molar-refractivity contribution in [1.82, 2.24) is 0 Å². The monoisotopic (exact) mass is 442 g/mol. The number of hydrogen-bond acceptors (Lipinski definition) is 12. The van der Waals surface area contributed by atoms with E-state index in [9.17, 15) is 27.6 Å². The fourth-order valence-corrected chi connectivity index (χ4v) is 4.79. The molecule has 11 nitrogen and oxygen atoms in total. The van der Waals surface area contributed by atoms with Crippen LogP contribution in [0, 0.1) is 0 Å². The highest BCUT2D eigenvalue weighted by Crippen LogP contribution is 2.36. The average Bonchev–Trinajstić information content (AvgIpc) is 2.48. The van der Waals surface area contributed by atoms with E-state index in [0.717, 1.165) is 34.0 Å². The Morgan fingerprint density at radius 1 is 0.821 bits per heavy atom. The molecule has 0 aliphatic carbocycles. The van der Waals surface area contributed by atoms with Crippen LogP contribution in [0.3, 0.4) is 0 Å². The second-order valence-corrected chi connectivity index (χ2v) is 10.3. The van der Waals surface area contributed by atoms with Gasteiger partial charge in [-0.2, -0.15) is 0 Å². The normalized spacial score (nSPS) is 27.4. The van der Waals surface area contributed by atoms with Crippen molar-refractivity contribution < 1.29 is 51.3 Å². The molecule has 0 radical (unpaired) electrons. The van der Waals surface area contributed by atoms with Crippen LogP contribution >= 0.6 is 10.8 Å². The Morgan fingerprint density at radius 3 is 1.71 bits per heavy atom. The van der Waals surface area contributed by atoms with Gasteiger partial charge >= 0.3 is 23.9 Å². The summed E-state index contributed by atoms with van der Waals surface area (Å²) in [7, 11) is -3.38. The standard InChI is InChI=1S/C15H22O11S2/c1-7(16)22-6-11-12(23-8(2)17)13(24-9(3)18)14(25-10(4)19)15(26-11)27-28(5,20)21/h11-15H,6H2,1-5H3. The summed E-state index contributed by atoms with van der Waals surface area (Å²) < 4.78 is 49.5. The van der Waals surface area contributed by atoms with Gasteiger partial charge in [0.05, 0.1) is 0 Å². The van der Waals surface area contributed by atoms with Gasteiger partial charge in [-0.3, -0.25) is 19.2 Å². The van der Waals surface area contributed by atoms with Gasteiger partial charge in [-0.15, -0.1) is 0 Å². The van der Waals surface area contributed by atoms with E-state index in [-0.39, 0.29) is 0 Å². The summed E-state index contributed by atoms with van der Waals surface area (Å²) >= 11 is 0. The van der Waals surface area contributed by atoms with Crippen LogP contribution in [0.2, 0.25) is 0 Å². The number of esters is 4. The van der Waals surface area contributed by atoms with Crippen molar-refractivity contribution in [3.63, 3.8) is 0 Å². The quantitative estimate of drug-likeness (QED) is 0.291. The van der Waals surface area contributed by atoms with Crippen molar-refractivity contribution in [3.05, 3.63) is 0 Å². The third-order valence-corrected chi connectivity index (χ3v) is 5.75. The number of carbonyl (C=O) groups is 4. The van der Waals surface area contributed by atoms with Gasteiger partial charge < -0.3 is 23.7 Å². The van der Waals surface area contributed by atoms with Crippen LogP contribution in [-0.4, -0.2) is 75.0 Å². The molecule has 1 aliphatic rings. The lowest BCUT2D eigenvalue weighted by atomic mass is 9.99. The Hall–Kier alpha value is -1.86. The first-order valence-corrected chi connectivity index (χ1v) is 11.3. The van der Waals surface area contributed by atoms with E-state index < -0.39 is 69.2 Å². The molecule has 5 unspecified atom stereocenters. The van der Waals surface area contributed by atoms with E-state index in [1.807, 2.05) is 0 Å². The average molecular weight is 442 g/mol. The largest absolute Gasteiger partial charge is 0.463 e. The molecule has 0 N–H and O–H groups in total. The zero-order valence-electron chi connectivity index (χ0n) is 15.9. The van der Waals surface area contributed by atoms with Gasteiger partial charge in [-0.1, -0.05) is 0 Å². The minimum atomic E-state index is -3.70. The third-order valence-electron chi connectivity index (χ3n) is 3.22. The summed E-state index contributed by atoms with van der Waals surface area (Å²) in [5, 5.41) is 0. The van der Waals surface area contributed by atoms with Crippen LogP contribution in [0.15, 0.2) is 0 Å². The van der Waals surface area contributed by atoms with Crippen LogP contribution in [-0.2, 0) is 51.7 Å². The van der Waals surface area contributed by atoms with Crippen LogP contribution in [0.4, 0.5) is 0 Å². The SMILES string of the molecule is CC(=O)OCC1OC(SS(C)(=O)=O)C(OC(C)=O)C(OC(C)=O)C1OC(C)=O. The molecule has 5 atom stereocenters. The maximum Gasteiger partial charge on any atom is 0.303 e.